The van der Waals surface area contributed by atoms with E-state index in [-0.39, 0.29) is 6.04 Å². The zero-order chi connectivity index (χ0) is 29.7. The van der Waals surface area contributed by atoms with Gasteiger partial charge in [-0.05, 0) is 95.2 Å². The van der Waals surface area contributed by atoms with Crippen LogP contribution in [0.25, 0.3) is 10.9 Å². The molecule has 41 heavy (non-hydrogen) atoms. The number of hydrogen-bond donors (Lipinski definition) is 0. The third-order valence-corrected chi connectivity index (χ3v) is 8.50. The van der Waals surface area contributed by atoms with E-state index in [2.05, 4.69) is 4.90 Å². The van der Waals surface area contributed by atoms with Gasteiger partial charge in [0.15, 0.2) is 7.05 Å². The average Bonchev–Trinajstić information content (AvgIpc) is 3.51. The second kappa shape index (κ2) is 10.6. The van der Waals surface area contributed by atoms with Crippen LogP contribution in [0.2, 0.25) is 0 Å². The molecule has 1 aromatic heterocycles. The highest BCUT2D eigenvalue weighted by Gasteiger charge is 2.49. The van der Waals surface area contributed by atoms with Gasteiger partial charge in [-0.1, -0.05) is 0 Å². The van der Waals surface area contributed by atoms with E-state index >= 15 is 0 Å². The van der Waals surface area contributed by atoms with Gasteiger partial charge < -0.3 is 14.2 Å². The molecule has 2 aromatic carbocycles. The fourth-order valence-corrected chi connectivity index (χ4v) is 6.22. The molecule has 0 N–H and O–H groups in total. The van der Waals surface area contributed by atoms with E-state index in [1.54, 1.807) is 30.0 Å². The quantitative estimate of drug-likeness (QED) is 0.244. The minimum atomic E-state index is -0.619. The van der Waals surface area contributed by atoms with E-state index < -0.39 is 17.7 Å². The molecule has 9 nitrogen and oxygen atoms in total. The molecule has 1 atom stereocenters. The Morgan fingerprint density at radius 2 is 1.83 bits per heavy atom. The van der Waals surface area contributed by atoms with Crippen LogP contribution < -0.4 is 4.74 Å². The summed E-state index contributed by atoms with van der Waals surface area (Å²) in [6.45, 7) is 8.96. The van der Waals surface area contributed by atoms with Crippen molar-refractivity contribution < 1.29 is 28.6 Å². The van der Waals surface area contributed by atoms with Gasteiger partial charge in [-0.25, -0.2) is 9.59 Å². The molecule has 218 valence electrons. The number of aromatic nitrogens is 1. The van der Waals surface area contributed by atoms with E-state index in [0.29, 0.717) is 23.2 Å². The fraction of sp³-hybridized carbons (Fsp3) is 0.500. The third kappa shape index (κ3) is 5.60. The Kier molecular flexibility index (Phi) is 7.44. The first-order valence-electron chi connectivity index (χ1n) is 14.1. The van der Waals surface area contributed by atoms with E-state index in [1.165, 1.54) is 27.0 Å². The molecule has 0 amide bonds. The number of esters is 1. The van der Waals surface area contributed by atoms with E-state index in [9.17, 15) is 14.5 Å². The van der Waals surface area contributed by atoms with Crippen molar-refractivity contribution in [1.82, 2.24) is 9.47 Å². The molecule has 1 saturated heterocycles. The Morgan fingerprint density at radius 1 is 1.10 bits per heavy atom. The monoisotopic (exact) mass is 562 g/mol. The second-order valence-electron chi connectivity index (χ2n) is 12.5. The van der Waals surface area contributed by atoms with Crippen LogP contribution in [0.1, 0.15) is 79.5 Å². The van der Waals surface area contributed by atoms with Crippen LogP contribution in [0, 0.1) is 17.2 Å². The average molecular weight is 563 g/mol. The van der Waals surface area contributed by atoms with Gasteiger partial charge in [0.1, 0.15) is 11.4 Å². The Balaban J connectivity index is 1.58. The molecule has 9 heteroatoms. The van der Waals surface area contributed by atoms with Crippen molar-refractivity contribution in [1.29, 1.82) is 0 Å². The number of nitrogens with zero attached hydrogens (tertiary/aromatic N) is 3. The van der Waals surface area contributed by atoms with Crippen molar-refractivity contribution in [2.24, 2.45) is 5.41 Å². The summed E-state index contributed by atoms with van der Waals surface area (Å²) < 4.78 is 18.9. The summed E-state index contributed by atoms with van der Waals surface area (Å²) in [6, 6.07) is 9.17. The van der Waals surface area contributed by atoms with Gasteiger partial charge in [0.25, 0.3) is 5.69 Å². The summed E-state index contributed by atoms with van der Waals surface area (Å²) in [6.07, 6.45) is 5.74. The van der Waals surface area contributed by atoms with Crippen LogP contribution in [0.3, 0.4) is 0 Å². The number of hydrogen-bond acceptors (Lipinski definition) is 7. The molecule has 2 fully saturated rings. The maximum atomic E-state index is 13.1. The van der Waals surface area contributed by atoms with Gasteiger partial charge >= 0.3 is 12.1 Å². The number of piperidine rings is 1. The van der Waals surface area contributed by atoms with E-state index in [0.717, 1.165) is 57.5 Å². The predicted octanol–water partition coefficient (Wildman–Crippen LogP) is 6.69. The largest absolute Gasteiger partial charge is 0.496 e. The van der Waals surface area contributed by atoms with Crippen molar-refractivity contribution in [3.05, 3.63) is 63.7 Å². The molecule has 0 radical (unpaired) electrons. The van der Waals surface area contributed by atoms with Gasteiger partial charge in [0.05, 0.1) is 25.3 Å². The van der Waals surface area contributed by atoms with Crippen molar-refractivity contribution >= 4 is 28.7 Å². The number of rotatable bonds is 6. The summed E-state index contributed by atoms with van der Waals surface area (Å²) in [5.41, 5.74) is 4.09. The van der Waals surface area contributed by atoms with Crippen LogP contribution in [0.5, 0.6) is 5.75 Å². The lowest BCUT2D eigenvalue weighted by Crippen LogP contribution is -2.37. The van der Waals surface area contributed by atoms with Crippen molar-refractivity contribution in [3.63, 3.8) is 0 Å². The van der Waals surface area contributed by atoms with Gasteiger partial charge in [0, 0.05) is 51.0 Å². The summed E-state index contributed by atoms with van der Waals surface area (Å²) >= 11 is 0. The molecule has 2 heterocycles. The number of methoxy groups -OCH3 is 2. The van der Waals surface area contributed by atoms with E-state index in [1.807, 2.05) is 45.9 Å². The molecule has 3 aromatic rings. The number of fused-ring (bicyclic) bond motifs is 1. The summed E-state index contributed by atoms with van der Waals surface area (Å²) in [5.74, 6) is 0.282. The molecular weight excluding hydrogens is 522 g/mol. The van der Waals surface area contributed by atoms with Gasteiger partial charge in [0.2, 0.25) is 0 Å². The van der Waals surface area contributed by atoms with Gasteiger partial charge in [-0.3, -0.25) is 9.47 Å². The summed E-state index contributed by atoms with van der Waals surface area (Å²) in [4.78, 5) is 40.5. The Hall–Kier alpha value is -3.72. The minimum absolute atomic E-state index is 0.0293. The van der Waals surface area contributed by atoms with Crippen molar-refractivity contribution in [3.8, 4) is 5.75 Å². The minimum Gasteiger partial charge on any atom is -0.496 e. The predicted molar refractivity (Wildman–Crippen MR) is 156 cm³/mol. The number of aryl methyl sites for hydroxylation is 1. The number of benzene rings is 2. The summed E-state index contributed by atoms with van der Waals surface area (Å²) in [5, 5.41) is 0.931. The molecule has 1 aliphatic carbocycles. The SMILES string of the molecule is COC(=O)c1ccc(C2CC3(CCN2Cc2c(OC)cc(C)c4c2ccn4C(=O)OC(C)(C)C)CC3)c([N+](C)=O)c1. The highest BCUT2D eigenvalue weighted by molar-refractivity contribution is 5.95. The van der Waals surface area contributed by atoms with Crippen LogP contribution >= 0.6 is 0 Å². The van der Waals surface area contributed by atoms with Crippen molar-refractivity contribution in [2.45, 2.75) is 71.6 Å². The fourth-order valence-electron chi connectivity index (χ4n) is 6.22. The smallest absolute Gasteiger partial charge is 0.419 e. The molecule has 1 saturated carbocycles. The maximum absolute atomic E-state index is 13.1. The number of likely N-dealkylation sites (tertiary alicyclic amines) is 1. The number of carbonyl (C=O) groups excluding carboxylic acids is 2. The molecule has 1 spiro atoms. The first-order valence-corrected chi connectivity index (χ1v) is 14.1. The number of ether oxygens (including phenoxy) is 3. The number of nitroso groups, excluding NO2 is 1. The Morgan fingerprint density at radius 3 is 2.44 bits per heavy atom. The lowest BCUT2D eigenvalue weighted by Gasteiger charge is -2.40. The Labute approximate surface area is 240 Å². The normalized spacial score (nSPS) is 18.4. The van der Waals surface area contributed by atoms with Gasteiger partial charge in [-0.2, -0.15) is 0 Å². The maximum Gasteiger partial charge on any atom is 0.419 e. The van der Waals surface area contributed by atoms with E-state index in [4.69, 9.17) is 14.2 Å². The molecule has 1 unspecified atom stereocenters. The number of carbonyl (C=O) groups is 2. The molecule has 1 aliphatic heterocycles. The van der Waals surface area contributed by atoms with Gasteiger partial charge in [-0.15, -0.1) is 0 Å². The highest BCUT2D eigenvalue weighted by Crippen LogP contribution is 2.59. The summed E-state index contributed by atoms with van der Waals surface area (Å²) in [7, 11) is 4.46. The topological polar surface area (TPSA) is 90.1 Å². The van der Waals surface area contributed by atoms with Crippen molar-refractivity contribution in [2.75, 3.05) is 27.8 Å². The second-order valence-corrected chi connectivity index (χ2v) is 12.5. The Bertz CT molecular complexity index is 1530. The lowest BCUT2D eigenvalue weighted by atomic mass is 9.83. The van der Waals surface area contributed by atoms with Crippen LogP contribution in [0.15, 0.2) is 36.5 Å². The zero-order valence-electron chi connectivity index (χ0n) is 25.1. The molecule has 0 bridgehead atoms. The molecule has 2 aliphatic rings. The first-order chi connectivity index (χ1) is 19.4. The van der Waals surface area contributed by atoms with Crippen LogP contribution in [-0.2, 0) is 16.0 Å². The van der Waals surface area contributed by atoms with Crippen LogP contribution in [0.4, 0.5) is 10.5 Å². The standard InChI is InChI=1S/C32H40N3O6/c1-20-16-27(39-6)24(22-10-14-35(28(20)22)30(37)41-31(2,3)4)19-34-15-13-32(11-12-32)18-26(34)23-9-8-21(29(36)40-7)17-25(23)33(5)38/h8-10,14,16-17,26H,11-13,15,18-19H2,1-7H3/q+1. The zero-order valence-corrected chi connectivity index (χ0v) is 25.1. The first kappa shape index (κ1) is 28.8. The third-order valence-electron chi connectivity index (χ3n) is 8.50. The molecular formula is C32H40N3O6+. The lowest BCUT2D eigenvalue weighted by molar-refractivity contribution is -0.429. The molecule has 5 rings (SSSR count). The van der Waals surface area contributed by atoms with Crippen LogP contribution in [-0.4, -0.2) is 59.7 Å². The highest BCUT2D eigenvalue weighted by atomic mass is 16.6.